The van der Waals surface area contributed by atoms with E-state index in [1.54, 1.807) is 0 Å². The fraction of sp³-hybridized carbons (Fsp3) is 0.375. The quantitative estimate of drug-likeness (QED) is 0.396. The van der Waals surface area contributed by atoms with Crippen LogP contribution in [0.4, 0.5) is 0 Å². The van der Waals surface area contributed by atoms with Gasteiger partial charge in [-0.05, 0) is 44.0 Å². The summed E-state index contributed by atoms with van der Waals surface area (Å²) in [6, 6.07) is 6.58. The summed E-state index contributed by atoms with van der Waals surface area (Å²) in [6.07, 6.45) is 2.62. The zero-order valence-electron chi connectivity index (χ0n) is 18.0. The second-order valence-corrected chi connectivity index (χ2v) is 7.93. The summed E-state index contributed by atoms with van der Waals surface area (Å²) < 4.78 is 10.6. The highest BCUT2D eigenvalue weighted by Crippen LogP contribution is 2.37. The lowest BCUT2D eigenvalue weighted by Crippen LogP contribution is -2.36. The van der Waals surface area contributed by atoms with E-state index < -0.39 is 23.3 Å². The van der Waals surface area contributed by atoms with E-state index in [0.717, 1.165) is 51.8 Å². The van der Waals surface area contributed by atoms with Crippen LogP contribution in [0.3, 0.4) is 0 Å². The van der Waals surface area contributed by atoms with Gasteiger partial charge in [0.05, 0.1) is 36.5 Å². The minimum Gasteiger partial charge on any atom is -0.507 e. The maximum Gasteiger partial charge on any atom is 0.338 e. The third kappa shape index (κ3) is 5.19. The zero-order chi connectivity index (χ0) is 22.7. The molecule has 1 fully saturated rings. The van der Waals surface area contributed by atoms with Crippen molar-refractivity contribution in [2.45, 2.75) is 19.3 Å². The van der Waals surface area contributed by atoms with Gasteiger partial charge in [0, 0.05) is 24.2 Å². The molecule has 0 spiro atoms. The summed E-state index contributed by atoms with van der Waals surface area (Å²) in [4.78, 5) is 40.4. The predicted molar refractivity (Wildman–Crippen MR) is 122 cm³/mol. The van der Waals surface area contributed by atoms with Gasteiger partial charge >= 0.3 is 5.97 Å². The van der Waals surface area contributed by atoms with Gasteiger partial charge in [-0.2, -0.15) is 0 Å². The van der Waals surface area contributed by atoms with Gasteiger partial charge in [0.2, 0.25) is 5.78 Å². The molecule has 0 atom stereocenters. The molecule has 2 N–H and O–H groups in total. The Morgan fingerprint density at radius 2 is 1.67 bits per heavy atom. The number of aromatic hydroxyl groups is 2. The molecule has 1 aliphatic heterocycles. The van der Waals surface area contributed by atoms with Crippen molar-refractivity contribution < 1.29 is 34.1 Å². The monoisotopic (exact) mass is 475 g/mol. The summed E-state index contributed by atoms with van der Waals surface area (Å²) in [7, 11) is 0. The van der Waals surface area contributed by atoms with Crippen molar-refractivity contribution in [1.29, 1.82) is 0 Å². The van der Waals surface area contributed by atoms with E-state index >= 15 is 0 Å². The molecule has 0 unspecified atom stereocenters. The first-order valence-electron chi connectivity index (χ1n) is 10.7. The Morgan fingerprint density at radius 1 is 0.939 bits per heavy atom. The highest BCUT2D eigenvalue weighted by atomic mass is 35.5. The molecule has 33 heavy (non-hydrogen) atoms. The molecule has 1 saturated heterocycles. The molecule has 2 aromatic rings. The third-order valence-electron chi connectivity index (χ3n) is 5.79. The average molecular weight is 476 g/mol. The van der Waals surface area contributed by atoms with E-state index in [1.807, 2.05) is 0 Å². The molecule has 176 valence electrons. The van der Waals surface area contributed by atoms with Crippen molar-refractivity contribution in [2.75, 3.05) is 39.5 Å². The molecule has 2 aromatic carbocycles. The first-order valence-corrected chi connectivity index (χ1v) is 10.7. The standard InChI is InChI=1S/C24H25NO7.ClH/c26-18-6-4-5-16-20(18)23(29)21-17(22(16)28)13-15(14-19(21)27)24(30)32-10-3-1-2-7-25-8-11-31-12-9-25;/h4-6,13-14,26-27H,1-3,7-12H2;1H. The van der Waals surface area contributed by atoms with Crippen LogP contribution in [0, 0.1) is 0 Å². The number of esters is 1. The smallest absolute Gasteiger partial charge is 0.338 e. The minimum absolute atomic E-state index is 0. The fourth-order valence-corrected chi connectivity index (χ4v) is 4.09. The number of ketones is 2. The van der Waals surface area contributed by atoms with Crippen LogP contribution in [-0.2, 0) is 9.47 Å². The Hall–Kier alpha value is -2.94. The number of unbranched alkanes of at least 4 members (excludes halogenated alkanes) is 2. The van der Waals surface area contributed by atoms with Crippen molar-refractivity contribution in [3.05, 3.63) is 58.1 Å². The maximum absolute atomic E-state index is 12.9. The van der Waals surface area contributed by atoms with E-state index in [2.05, 4.69) is 4.90 Å². The van der Waals surface area contributed by atoms with Gasteiger partial charge in [-0.3, -0.25) is 14.5 Å². The van der Waals surface area contributed by atoms with Crippen molar-refractivity contribution >= 4 is 29.9 Å². The number of benzene rings is 2. The number of phenols is 2. The Kier molecular flexibility index (Phi) is 8.07. The van der Waals surface area contributed by atoms with Gasteiger partial charge < -0.3 is 19.7 Å². The number of fused-ring (bicyclic) bond motifs is 2. The number of nitrogens with zero attached hydrogens (tertiary/aromatic N) is 1. The lowest BCUT2D eigenvalue weighted by Gasteiger charge is -2.26. The number of carbonyl (C=O) groups excluding carboxylic acids is 3. The highest BCUT2D eigenvalue weighted by Gasteiger charge is 2.35. The molecule has 0 aromatic heterocycles. The highest BCUT2D eigenvalue weighted by molar-refractivity contribution is 6.30. The molecule has 8 nitrogen and oxygen atoms in total. The minimum atomic E-state index is -0.668. The molecule has 1 aliphatic carbocycles. The molecule has 1 heterocycles. The van der Waals surface area contributed by atoms with Crippen LogP contribution in [0.5, 0.6) is 11.5 Å². The van der Waals surface area contributed by atoms with Crippen LogP contribution >= 0.6 is 12.4 Å². The number of hydrogen-bond acceptors (Lipinski definition) is 8. The molecular weight excluding hydrogens is 450 g/mol. The van der Waals surface area contributed by atoms with Crippen molar-refractivity contribution in [2.24, 2.45) is 0 Å². The third-order valence-corrected chi connectivity index (χ3v) is 5.79. The van der Waals surface area contributed by atoms with Crippen molar-refractivity contribution in [3.8, 4) is 11.5 Å². The van der Waals surface area contributed by atoms with Gasteiger partial charge in [0.15, 0.2) is 5.78 Å². The number of hydrogen-bond donors (Lipinski definition) is 2. The molecule has 9 heteroatoms. The van der Waals surface area contributed by atoms with Crippen LogP contribution in [0.2, 0.25) is 0 Å². The van der Waals surface area contributed by atoms with Gasteiger partial charge in [0.1, 0.15) is 11.5 Å². The predicted octanol–water partition coefficient (Wildman–Crippen LogP) is 2.95. The Morgan fingerprint density at radius 3 is 2.42 bits per heavy atom. The lowest BCUT2D eigenvalue weighted by molar-refractivity contribution is 0.0363. The molecule has 2 aliphatic rings. The van der Waals surface area contributed by atoms with Crippen LogP contribution in [0.15, 0.2) is 30.3 Å². The summed E-state index contributed by atoms with van der Waals surface area (Å²) in [5.41, 5.74) is -0.408. The number of carbonyl (C=O) groups is 3. The molecule has 0 amide bonds. The first kappa shape index (κ1) is 24.7. The zero-order valence-corrected chi connectivity index (χ0v) is 18.9. The van der Waals surface area contributed by atoms with E-state index in [1.165, 1.54) is 24.3 Å². The fourth-order valence-electron chi connectivity index (χ4n) is 4.09. The molecule has 4 rings (SSSR count). The number of halogens is 1. The summed E-state index contributed by atoms with van der Waals surface area (Å²) in [5, 5.41) is 20.4. The molecule has 0 bridgehead atoms. The summed E-state index contributed by atoms with van der Waals surface area (Å²) in [5.74, 6) is -2.70. The average Bonchev–Trinajstić information content (AvgIpc) is 2.79. The summed E-state index contributed by atoms with van der Waals surface area (Å²) >= 11 is 0. The second kappa shape index (κ2) is 10.8. The SMILES string of the molecule is Cl.O=C(OCCCCCN1CCOCC1)c1cc(O)c2c(c1)C(=O)c1cccc(O)c1C2=O. The van der Waals surface area contributed by atoms with E-state index in [-0.39, 0.29) is 52.6 Å². The number of phenolic OH excluding ortho intramolecular Hbond substituents is 2. The van der Waals surface area contributed by atoms with Gasteiger partial charge in [0.25, 0.3) is 0 Å². The largest absolute Gasteiger partial charge is 0.507 e. The van der Waals surface area contributed by atoms with Crippen molar-refractivity contribution in [1.82, 2.24) is 4.90 Å². The number of morpholine rings is 1. The Labute approximate surface area is 197 Å². The second-order valence-electron chi connectivity index (χ2n) is 7.93. The Balaban J connectivity index is 0.00000306. The number of ether oxygens (including phenoxy) is 2. The van der Waals surface area contributed by atoms with Crippen molar-refractivity contribution in [3.63, 3.8) is 0 Å². The maximum atomic E-state index is 12.9. The van der Waals surface area contributed by atoms with E-state index in [0.29, 0.717) is 6.42 Å². The van der Waals surface area contributed by atoms with Crippen LogP contribution < -0.4 is 0 Å². The molecule has 0 saturated carbocycles. The normalized spacial score (nSPS) is 15.4. The van der Waals surface area contributed by atoms with E-state index in [9.17, 15) is 24.6 Å². The van der Waals surface area contributed by atoms with Gasteiger partial charge in [-0.15, -0.1) is 12.4 Å². The summed E-state index contributed by atoms with van der Waals surface area (Å²) in [6.45, 7) is 4.65. The Bertz CT molecular complexity index is 1060. The van der Waals surface area contributed by atoms with Gasteiger partial charge in [-0.1, -0.05) is 12.1 Å². The topological polar surface area (TPSA) is 113 Å². The van der Waals surface area contributed by atoms with Gasteiger partial charge in [-0.25, -0.2) is 4.79 Å². The number of rotatable bonds is 7. The van der Waals surface area contributed by atoms with Crippen LogP contribution in [-0.4, -0.2) is 72.1 Å². The lowest BCUT2D eigenvalue weighted by atomic mass is 9.82. The molecule has 0 radical (unpaired) electrons. The van der Waals surface area contributed by atoms with E-state index in [4.69, 9.17) is 9.47 Å². The van der Waals surface area contributed by atoms with Crippen LogP contribution in [0.25, 0.3) is 0 Å². The van der Waals surface area contributed by atoms with Crippen LogP contribution in [0.1, 0.15) is 61.5 Å². The first-order chi connectivity index (χ1) is 15.5. The molecular formula is C24H26ClNO7.